The second kappa shape index (κ2) is 4.74. The van der Waals surface area contributed by atoms with Crippen molar-refractivity contribution < 1.29 is 4.74 Å². The Kier molecular flexibility index (Phi) is 3.11. The highest BCUT2D eigenvalue weighted by molar-refractivity contribution is 9.10. The molecule has 0 saturated carbocycles. The molecule has 1 saturated heterocycles. The number of aromatic nitrogens is 3. The van der Waals surface area contributed by atoms with E-state index in [1.807, 2.05) is 22.9 Å². The Morgan fingerprint density at radius 3 is 3.18 bits per heavy atom. The van der Waals surface area contributed by atoms with Crippen LogP contribution in [0.25, 0.3) is 11.0 Å². The average molecular weight is 296 g/mol. The smallest absolute Gasteiger partial charge is 0.114 e. The number of ether oxygens (including phenoxy) is 1. The quantitative estimate of drug-likeness (QED) is 0.855. The van der Waals surface area contributed by atoms with Crippen LogP contribution < -0.4 is 0 Å². The Morgan fingerprint density at radius 2 is 2.35 bits per heavy atom. The van der Waals surface area contributed by atoms with E-state index in [2.05, 4.69) is 26.2 Å². The predicted molar refractivity (Wildman–Crippen MR) is 68.8 cm³/mol. The lowest BCUT2D eigenvalue weighted by molar-refractivity contribution is 0.00442. The average Bonchev–Trinajstić information content (AvgIpc) is 2.75. The maximum atomic E-state index is 5.74. The zero-order chi connectivity index (χ0) is 11.7. The Hall–Kier alpha value is -0.940. The molecule has 2 aromatic rings. The zero-order valence-electron chi connectivity index (χ0n) is 9.47. The lowest BCUT2D eigenvalue weighted by Crippen LogP contribution is -2.25. The minimum Gasteiger partial charge on any atom is -0.376 e. The number of para-hydroxylation sites is 1. The molecule has 0 spiro atoms. The van der Waals surface area contributed by atoms with Crippen LogP contribution in [0.3, 0.4) is 0 Å². The van der Waals surface area contributed by atoms with Crippen LogP contribution in [-0.2, 0) is 11.3 Å². The molecular weight excluding hydrogens is 282 g/mol. The van der Waals surface area contributed by atoms with Crippen LogP contribution >= 0.6 is 15.9 Å². The standard InChI is InChI=1S/C12H14BrN3O/c13-10-5-3-6-11-12(10)16(15-14-11)8-9-4-1-2-7-17-9/h3,5-6,9H,1-2,4,7-8H2. The van der Waals surface area contributed by atoms with Crippen molar-refractivity contribution in [2.75, 3.05) is 6.61 Å². The molecule has 1 atom stereocenters. The molecule has 0 aliphatic carbocycles. The Labute approximate surface area is 108 Å². The number of fused-ring (bicyclic) bond motifs is 1. The van der Waals surface area contributed by atoms with Crippen LogP contribution in [0.2, 0.25) is 0 Å². The van der Waals surface area contributed by atoms with Crippen molar-refractivity contribution in [1.82, 2.24) is 15.0 Å². The number of halogens is 1. The minimum atomic E-state index is 0.278. The normalized spacial score (nSPS) is 20.9. The maximum Gasteiger partial charge on any atom is 0.114 e. The third-order valence-electron chi connectivity index (χ3n) is 3.13. The minimum absolute atomic E-state index is 0.278. The number of hydrogen-bond donors (Lipinski definition) is 0. The topological polar surface area (TPSA) is 39.9 Å². The van der Waals surface area contributed by atoms with E-state index < -0.39 is 0 Å². The van der Waals surface area contributed by atoms with Crippen molar-refractivity contribution in [3.63, 3.8) is 0 Å². The van der Waals surface area contributed by atoms with Crippen LogP contribution in [-0.4, -0.2) is 27.7 Å². The van der Waals surface area contributed by atoms with Gasteiger partial charge in [-0.3, -0.25) is 0 Å². The lowest BCUT2D eigenvalue weighted by Gasteiger charge is -2.22. The van der Waals surface area contributed by atoms with Crippen molar-refractivity contribution in [1.29, 1.82) is 0 Å². The Bertz CT molecular complexity index is 519. The van der Waals surface area contributed by atoms with Gasteiger partial charge in [0.1, 0.15) is 11.0 Å². The van der Waals surface area contributed by atoms with Gasteiger partial charge in [-0.25, -0.2) is 4.68 Å². The molecule has 1 fully saturated rings. The highest BCUT2D eigenvalue weighted by atomic mass is 79.9. The van der Waals surface area contributed by atoms with Gasteiger partial charge in [0.05, 0.1) is 12.6 Å². The molecule has 90 valence electrons. The maximum absolute atomic E-state index is 5.74. The molecule has 4 nitrogen and oxygen atoms in total. The summed E-state index contributed by atoms with van der Waals surface area (Å²) in [6, 6.07) is 5.97. The first-order valence-corrected chi connectivity index (χ1v) is 6.73. The van der Waals surface area contributed by atoms with Gasteiger partial charge in [-0.15, -0.1) is 5.10 Å². The van der Waals surface area contributed by atoms with Crippen molar-refractivity contribution in [2.45, 2.75) is 31.9 Å². The summed E-state index contributed by atoms with van der Waals surface area (Å²) >= 11 is 3.55. The molecule has 5 heteroatoms. The van der Waals surface area contributed by atoms with Crippen LogP contribution in [0.15, 0.2) is 22.7 Å². The Balaban J connectivity index is 1.89. The Morgan fingerprint density at radius 1 is 1.41 bits per heavy atom. The molecule has 17 heavy (non-hydrogen) atoms. The van der Waals surface area contributed by atoms with E-state index in [0.717, 1.165) is 35.1 Å². The SMILES string of the molecule is Brc1cccc2nnn(CC3CCCCO3)c12. The van der Waals surface area contributed by atoms with Gasteiger partial charge in [-0.1, -0.05) is 11.3 Å². The first-order valence-electron chi connectivity index (χ1n) is 5.94. The monoisotopic (exact) mass is 295 g/mol. The highest BCUT2D eigenvalue weighted by Gasteiger charge is 2.17. The fourth-order valence-electron chi connectivity index (χ4n) is 2.26. The summed E-state index contributed by atoms with van der Waals surface area (Å²) in [6.45, 7) is 1.66. The molecule has 1 aliphatic heterocycles. The summed E-state index contributed by atoms with van der Waals surface area (Å²) < 4.78 is 8.71. The van der Waals surface area contributed by atoms with Crippen molar-refractivity contribution >= 4 is 27.0 Å². The van der Waals surface area contributed by atoms with Crippen LogP contribution in [0.1, 0.15) is 19.3 Å². The fourth-order valence-corrected chi connectivity index (χ4v) is 2.82. The molecule has 1 aliphatic rings. The van der Waals surface area contributed by atoms with Gasteiger partial charge in [0.15, 0.2) is 0 Å². The molecule has 3 rings (SSSR count). The van der Waals surface area contributed by atoms with E-state index in [9.17, 15) is 0 Å². The molecule has 1 aromatic heterocycles. The molecule has 0 amide bonds. The molecule has 0 bridgehead atoms. The summed E-state index contributed by atoms with van der Waals surface area (Å²) in [6.07, 6.45) is 3.82. The summed E-state index contributed by atoms with van der Waals surface area (Å²) in [4.78, 5) is 0. The van der Waals surface area contributed by atoms with Crippen molar-refractivity contribution in [3.05, 3.63) is 22.7 Å². The van der Waals surface area contributed by atoms with Gasteiger partial charge in [0.25, 0.3) is 0 Å². The van der Waals surface area contributed by atoms with E-state index in [1.165, 1.54) is 12.8 Å². The predicted octanol–water partition coefficient (Wildman–Crippen LogP) is 2.76. The molecule has 1 unspecified atom stereocenters. The van der Waals surface area contributed by atoms with E-state index in [4.69, 9.17) is 4.74 Å². The van der Waals surface area contributed by atoms with E-state index in [0.29, 0.717) is 0 Å². The molecule has 2 heterocycles. The van der Waals surface area contributed by atoms with Gasteiger partial charge in [-0.2, -0.15) is 0 Å². The largest absolute Gasteiger partial charge is 0.376 e. The second-order valence-corrected chi connectivity index (χ2v) is 5.22. The molecule has 0 radical (unpaired) electrons. The molecule has 0 N–H and O–H groups in total. The number of hydrogen-bond acceptors (Lipinski definition) is 3. The lowest BCUT2D eigenvalue weighted by atomic mass is 10.1. The van der Waals surface area contributed by atoms with E-state index in [-0.39, 0.29) is 6.10 Å². The first kappa shape index (κ1) is 11.2. The zero-order valence-corrected chi connectivity index (χ0v) is 11.1. The summed E-state index contributed by atoms with van der Waals surface area (Å²) in [5.41, 5.74) is 1.98. The highest BCUT2D eigenvalue weighted by Crippen LogP contribution is 2.23. The molecule has 1 aromatic carbocycles. The number of benzene rings is 1. The van der Waals surface area contributed by atoms with Crippen LogP contribution in [0.4, 0.5) is 0 Å². The van der Waals surface area contributed by atoms with Gasteiger partial charge in [0, 0.05) is 11.1 Å². The van der Waals surface area contributed by atoms with E-state index in [1.54, 1.807) is 0 Å². The third-order valence-corrected chi connectivity index (χ3v) is 3.77. The summed E-state index contributed by atoms with van der Waals surface area (Å²) in [5.74, 6) is 0. The van der Waals surface area contributed by atoms with E-state index >= 15 is 0 Å². The van der Waals surface area contributed by atoms with Gasteiger partial charge >= 0.3 is 0 Å². The number of nitrogens with zero attached hydrogens (tertiary/aromatic N) is 3. The fraction of sp³-hybridized carbons (Fsp3) is 0.500. The second-order valence-electron chi connectivity index (χ2n) is 4.37. The summed E-state index contributed by atoms with van der Waals surface area (Å²) in [5, 5.41) is 8.38. The van der Waals surface area contributed by atoms with Crippen LogP contribution in [0, 0.1) is 0 Å². The van der Waals surface area contributed by atoms with Crippen molar-refractivity contribution in [3.8, 4) is 0 Å². The number of rotatable bonds is 2. The van der Waals surface area contributed by atoms with Gasteiger partial charge in [-0.05, 0) is 47.3 Å². The van der Waals surface area contributed by atoms with Crippen LogP contribution in [0.5, 0.6) is 0 Å². The van der Waals surface area contributed by atoms with Crippen molar-refractivity contribution in [2.24, 2.45) is 0 Å². The van der Waals surface area contributed by atoms with Gasteiger partial charge < -0.3 is 4.74 Å². The first-order chi connectivity index (χ1) is 8.34. The van der Waals surface area contributed by atoms with Gasteiger partial charge in [0.2, 0.25) is 0 Å². The summed E-state index contributed by atoms with van der Waals surface area (Å²) in [7, 11) is 0. The molecular formula is C12H14BrN3O. The third kappa shape index (κ3) is 2.21.